The molecule has 0 bridgehead atoms. The van der Waals surface area contributed by atoms with E-state index in [2.05, 4.69) is 5.32 Å². The van der Waals surface area contributed by atoms with Crippen molar-refractivity contribution in [2.24, 2.45) is 0 Å². The lowest BCUT2D eigenvalue weighted by molar-refractivity contribution is 0.0930. The molecular formula is C27H31N3O3S. The molecule has 4 rings (SSSR count). The highest BCUT2D eigenvalue weighted by Crippen LogP contribution is 2.25. The predicted molar refractivity (Wildman–Crippen MR) is 134 cm³/mol. The summed E-state index contributed by atoms with van der Waals surface area (Å²) in [4.78, 5) is 15.3. The lowest BCUT2D eigenvalue weighted by Crippen LogP contribution is -2.43. The third-order valence-corrected chi connectivity index (χ3v) is 7.92. The van der Waals surface area contributed by atoms with E-state index in [1.54, 1.807) is 18.2 Å². The first-order valence-electron chi connectivity index (χ1n) is 11.5. The van der Waals surface area contributed by atoms with Crippen molar-refractivity contribution in [1.29, 1.82) is 0 Å². The van der Waals surface area contributed by atoms with E-state index in [-0.39, 0.29) is 16.8 Å². The molecule has 6 nitrogen and oxygen atoms in total. The average Bonchev–Trinajstić information content (AvgIpc) is 2.84. The van der Waals surface area contributed by atoms with E-state index in [1.165, 1.54) is 15.9 Å². The molecule has 0 saturated heterocycles. The van der Waals surface area contributed by atoms with Crippen LogP contribution in [-0.4, -0.2) is 56.8 Å². The Kier molecular flexibility index (Phi) is 7.46. The Morgan fingerprint density at radius 2 is 1.68 bits per heavy atom. The fourth-order valence-electron chi connectivity index (χ4n) is 4.39. The molecule has 1 heterocycles. The highest BCUT2D eigenvalue weighted by molar-refractivity contribution is 7.89. The lowest BCUT2D eigenvalue weighted by atomic mass is 10.0. The molecule has 0 spiro atoms. The lowest BCUT2D eigenvalue weighted by Gasteiger charge is -2.28. The molecule has 0 aromatic heterocycles. The first-order chi connectivity index (χ1) is 16.3. The summed E-state index contributed by atoms with van der Waals surface area (Å²) < 4.78 is 28.2. The molecule has 1 amide bonds. The molecule has 178 valence electrons. The molecule has 3 aromatic carbocycles. The Balaban J connectivity index is 1.51. The summed E-state index contributed by atoms with van der Waals surface area (Å²) >= 11 is 0. The largest absolute Gasteiger partial charge is 0.348 e. The molecule has 3 aromatic rings. The number of nitrogens with one attached hydrogen (secondary N) is 1. The highest BCUT2D eigenvalue weighted by atomic mass is 32.2. The number of carbonyl (C=O) groups excluding carboxylic acids is 1. The Bertz CT molecular complexity index is 1240. The fraction of sp³-hybridized carbons (Fsp3) is 0.296. The molecule has 0 fully saturated rings. The normalized spacial score (nSPS) is 15.0. The van der Waals surface area contributed by atoms with Crippen molar-refractivity contribution in [3.05, 3.63) is 101 Å². The van der Waals surface area contributed by atoms with Gasteiger partial charge in [0, 0.05) is 31.2 Å². The smallest absolute Gasteiger partial charge is 0.251 e. The Morgan fingerprint density at radius 3 is 2.41 bits per heavy atom. The summed E-state index contributed by atoms with van der Waals surface area (Å²) in [5, 5.41) is 3.10. The molecule has 1 unspecified atom stereocenters. The number of benzene rings is 3. The number of carbonyl (C=O) groups is 1. The van der Waals surface area contributed by atoms with Crippen molar-refractivity contribution in [2.45, 2.75) is 30.3 Å². The van der Waals surface area contributed by atoms with Crippen LogP contribution in [0.3, 0.4) is 0 Å². The van der Waals surface area contributed by atoms with Gasteiger partial charge in [-0.2, -0.15) is 4.31 Å². The molecule has 1 N–H and O–H groups in total. The van der Waals surface area contributed by atoms with Gasteiger partial charge in [-0.25, -0.2) is 8.42 Å². The van der Waals surface area contributed by atoms with Crippen LogP contribution >= 0.6 is 0 Å². The number of hydrogen-bond donors (Lipinski definition) is 1. The van der Waals surface area contributed by atoms with E-state index < -0.39 is 10.0 Å². The molecular weight excluding hydrogens is 446 g/mol. The van der Waals surface area contributed by atoms with Crippen molar-refractivity contribution in [3.63, 3.8) is 0 Å². The van der Waals surface area contributed by atoms with Gasteiger partial charge in [0.15, 0.2) is 0 Å². The van der Waals surface area contributed by atoms with Gasteiger partial charge >= 0.3 is 0 Å². The number of amides is 1. The third-order valence-electron chi connectivity index (χ3n) is 6.08. The van der Waals surface area contributed by atoms with Crippen molar-refractivity contribution in [3.8, 4) is 0 Å². The summed E-state index contributed by atoms with van der Waals surface area (Å²) in [5.41, 5.74) is 3.69. The molecule has 7 heteroatoms. The second-order valence-corrected chi connectivity index (χ2v) is 10.9. The minimum absolute atomic E-state index is 0.108. The topological polar surface area (TPSA) is 69.7 Å². The van der Waals surface area contributed by atoms with Gasteiger partial charge in [-0.05, 0) is 61.8 Å². The van der Waals surface area contributed by atoms with E-state index in [0.29, 0.717) is 38.0 Å². The van der Waals surface area contributed by atoms with Crippen molar-refractivity contribution in [2.75, 3.05) is 27.2 Å². The van der Waals surface area contributed by atoms with E-state index in [9.17, 15) is 13.2 Å². The number of nitrogens with zero attached hydrogens (tertiary/aromatic N) is 2. The summed E-state index contributed by atoms with van der Waals surface area (Å²) in [7, 11) is 0.221. The predicted octanol–water partition coefficient (Wildman–Crippen LogP) is 3.34. The average molecular weight is 478 g/mol. The van der Waals surface area contributed by atoms with Gasteiger partial charge in [0.05, 0.1) is 4.90 Å². The summed E-state index contributed by atoms with van der Waals surface area (Å²) in [6.45, 7) is 1.44. The maximum atomic E-state index is 13.4. The van der Waals surface area contributed by atoms with Gasteiger partial charge in [0.25, 0.3) is 5.91 Å². The zero-order chi connectivity index (χ0) is 24.1. The van der Waals surface area contributed by atoms with E-state index in [1.807, 2.05) is 73.6 Å². The van der Waals surface area contributed by atoms with Gasteiger partial charge in [0.1, 0.15) is 0 Å². The number of fused-ring (bicyclic) bond motifs is 1. The molecule has 34 heavy (non-hydrogen) atoms. The Hall–Kier alpha value is -3.00. The minimum Gasteiger partial charge on any atom is -0.348 e. The van der Waals surface area contributed by atoms with Crippen molar-refractivity contribution in [1.82, 2.24) is 14.5 Å². The number of rotatable bonds is 8. The van der Waals surface area contributed by atoms with Crippen LogP contribution in [0.25, 0.3) is 0 Å². The molecule has 1 aliphatic heterocycles. The monoisotopic (exact) mass is 477 g/mol. The molecule has 1 aliphatic rings. The van der Waals surface area contributed by atoms with Crippen LogP contribution in [0.2, 0.25) is 0 Å². The standard InChI is InChI=1S/C27H31N3O3S/c1-29(2)20-25(17-21-9-4-3-5-10-21)28-27(31)23-13-8-14-26(18-23)34(32,33)30-16-15-22-11-6-7-12-24(22)19-30/h3-14,18,25H,15-17,19-20H2,1-2H3,(H,28,31). The van der Waals surface area contributed by atoms with Gasteiger partial charge in [-0.15, -0.1) is 0 Å². The first kappa shape index (κ1) is 24.1. The van der Waals surface area contributed by atoms with Crippen LogP contribution in [0.4, 0.5) is 0 Å². The van der Waals surface area contributed by atoms with E-state index >= 15 is 0 Å². The maximum absolute atomic E-state index is 13.4. The van der Waals surface area contributed by atoms with Crippen LogP contribution in [0, 0.1) is 0 Å². The third kappa shape index (κ3) is 5.73. The summed E-state index contributed by atoms with van der Waals surface area (Å²) in [6.07, 6.45) is 1.37. The number of likely N-dealkylation sites (N-methyl/N-ethyl adjacent to an activating group) is 1. The van der Waals surface area contributed by atoms with E-state index in [0.717, 1.165) is 11.1 Å². The Labute approximate surface area is 202 Å². The van der Waals surface area contributed by atoms with Gasteiger partial charge in [-0.1, -0.05) is 60.7 Å². The molecule has 0 radical (unpaired) electrons. The fourth-order valence-corrected chi connectivity index (χ4v) is 5.86. The van der Waals surface area contributed by atoms with Gasteiger partial charge < -0.3 is 10.2 Å². The molecule has 0 saturated carbocycles. The van der Waals surface area contributed by atoms with Crippen LogP contribution in [-0.2, 0) is 29.4 Å². The van der Waals surface area contributed by atoms with Crippen LogP contribution in [0.15, 0.2) is 83.8 Å². The van der Waals surface area contributed by atoms with E-state index in [4.69, 9.17) is 0 Å². The SMILES string of the molecule is CN(C)CC(Cc1ccccc1)NC(=O)c1cccc(S(=O)(=O)N2CCc3ccccc3C2)c1. The van der Waals surface area contributed by atoms with Crippen LogP contribution in [0.5, 0.6) is 0 Å². The zero-order valence-electron chi connectivity index (χ0n) is 19.6. The van der Waals surface area contributed by atoms with Crippen molar-refractivity contribution >= 4 is 15.9 Å². The number of hydrogen-bond acceptors (Lipinski definition) is 4. The van der Waals surface area contributed by atoms with Crippen LogP contribution in [0.1, 0.15) is 27.0 Å². The highest BCUT2D eigenvalue weighted by Gasteiger charge is 2.29. The zero-order valence-corrected chi connectivity index (χ0v) is 20.5. The summed E-state index contributed by atoms with van der Waals surface area (Å²) in [6, 6.07) is 24.2. The second-order valence-electron chi connectivity index (χ2n) is 9.01. The minimum atomic E-state index is -3.71. The van der Waals surface area contributed by atoms with Gasteiger partial charge in [-0.3, -0.25) is 4.79 Å². The quantitative estimate of drug-likeness (QED) is 0.540. The van der Waals surface area contributed by atoms with Gasteiger partial charge in [0.2, 0.25) is 10.0 Å². The summed E-state index contributed by atoms with van der Waals surface area (Å²) in [5.74, 6) is -0.274. The molecule has 1 atom stereocenters. The van der Waals surface area contributed by atoms with Crippen molar-refractivity contribution < 1.29 is 13.2 Å². The maximum Gasteiger partial charge on any atom is 0.251 e. The molecule has 0 aliphatic carbocycles. The van der Waals surface area contributed by atoms with Crippen LogP contribution < -0.4 is 5.32 Å². The number of sulfonamides is 1. The second kappa shape index (κ2) is 10.5. The Morgan fingerprint density at radius 1 is 0.971 bits per heavy atom. The first-order valence-corrected chi connectivity index (χ1v) is 12.9.